The summed E-state index contributed by atoms with van der Waals surface area (Å²) < 4.78 is 20.6. The van der Waals surface area contributed by atoms with Crippen LogP contribution in [0.25, 0.3) is 0 Å². The molecule has 0 bridgehead atoms. The second-order valence-corrected chi connectivity index (χ2v) is 20.4. The monoisotopic (exact) mass is 725 g/mol. The minimum atomic E-state index is -1.16. The van der Waals surface area contributed by atoms with Crippen LogP contribution in [0.15, 0.2) is 29.3 Å². The van der Waals surface area contributed by atoms with Crippen LogP contribution >= 0.6 is 0 Å². The Morgan fingerprint density at radius 3 is 2.28 bits per heavy atom. The van der Waals surface area contributed by atoms with Gasteiger partial charge in [0.15, 0.2) is 0 Å². The summed E-state index contributed by atoms with van der Waals surface area (Å²) in [6, 6.07) is 6.58. The molecule has 0 spiro atoms. The highest BCUT2D eigenvalue weighted by atomic mass is 19.1. The number of hydrogen-bond acceptors (Lipinski definition) is 4. The summed E-state index contributed by atoms with van der Waals surface area (Å²) >= 11 is 0. The first-order valence-corrected chi connectivity index (χ1v) is 20.4. The van der Waals surface area contributed by atoms with E-state index in [0.29, 0.717) is 40.7 Å². The predicted molar refractivity (Wildman–Crippen MR) is 207 cm³/mol. The molecule has 0 heterocycles. The second-order valence-electron chi connectivity index (χ2n) is 20.4. The van der Waals surface area contributed by atoms with E-state index >= 15 is 0 Å². The Morgan fingerprint density at radius 2 is 1.62 bits per heavy atom. The van der Waals surface area contributed by atoms with Gasteiger partial charge in [-0.3, -0.25) is 9.59 Å². The van der Waals surface area contributed by atoms with Gasteiger partial charge in [-0.15, -0.1) is 0 Å². The van der Waals surface area contributed by atoms with Crippen molar-refractivity contribution in [3.05, 3.63) is 46.3 Å². The third-order valence-electron chi connectivity index (χ3n) is 16.9. The summed E-state index contributed by atoms with van der Waals surface area (Å²) in [5.41, 5.74) is 2.74. The van der Waals surface area contributed by atoms with Crippen LogP contribution in [0.1, 0.15) is 157 Å². The van der Waals surface area contributed by atoms with E-state index < -0.39 is 17.4 Å². The predicted octanol–water partition coefficient (Wildman–Crippen LogP) is 11.3. The number of benzene rings is 1. The van der Waals surface area contributed by atoms with Gasteiger partial charge in [0, 0.05) is 16.4 Å². The highest BCUT2D eigenvalue weighted by molar-refractivity contribution is 5.81. The average molecular weight is 726 g/mol. The van der Waals surface area contributed by atoms with E-state index in [4.69, 9.17) is 4.74 Å². The number of carboxylic acids is 1. The normalized spacial score (nSPS) is 38.4. The van der Waals surface area contributed by atoms with Crippen molar-refractivity contribution in [1.29, 1.82) is 5.26 Å². The molecule has 1 aromatic rings. The molecule has 0 radical (unpaired) electrons. The van der Waals surface area contributed by atoms with Crippen LogP contribution in [0.4, 0.5) is 4.39 Å². The number of nitriles is 1. The summed E-state index contributed by atoms with van der Waals surface area (Å²) in [5.74, 6) is 7.99. The summed E-state index contributed by atoms with van der Waals surface area (Å²) in [6.45, 7) is 22.4. The van der Waals surface area contributed by atoms with Gasteiger partial charge in [-0.1, -0.05) is 57.6 Å². The maximum Gasteiger partial charge on any atom is 0.309 e. The minimum Gasteiger partial charge on any atom is -0.481 e. The van der Waals surface area contributed by atoms with Crippen molar-refractivity contribution < 1.29 is 23.8 Å². The number of allylic oxidation sites excluding steroid dienone is 2. The number of halogens is 1. The van der Waals surface area contributed by atoms with Crippen LogP contribution in [0.3, 0.4) is 0 Å². The molecule has 0 aliphatic heterocycles. The number of carboxylic acid groups (broad SMARTS) is 1. The number of carbonyl (C=O) groups excluding carboxylic acids is 1. The van der Waals surface area contributed by atoms with Crippen LogP contribution in [0, 0.1) is 91.1 Å². The van der Waals surface area contributed by atoms with Crippen LogP contribution in [0.5, 0.6) is 0 Å². The summed E-state index contributed by atoms with van der Waals surface area (Å²) in [6.07, 6.45) is 11.6. The summed E-state index contributed by atoms with van der Waals surface area (Å²) in [5, 5.41) is 19.4. The number of esters is 1. The van der Waals surface area contributed by atoms with Crippen molar-refractivity contribution in [2.45, 2.75) is 152 Å². The maximum atomic E-state index is 14.4. The number of hydrogen-bond donors (Lipinski definition) is 1. The van der Waals surface area contributed by atoms with Gasteiger partial charge in [0.1, 0.15) is 18.0 Å². The maximum absolute atomic E-state index is 14.4. The van der Waals surface area contributed by atoms with Crippen LogP contribution in [-0.2, 0) is 14.3 Å². The molecule has 6 heteroatoms. The highest BCUT2D eigenvalue weighted by Gasteiger charge is 2.71. The van der Waals surface area contributed by atoms with Crippen molar-refractivity contribution in [3.8, 4) is 17.9 Å². The molecule has 5 saturated carbocycles. The first-order chi connectivity index (χ1) is 24.6. The molecule has 0 aromatic heterocycles. The largest absolute Gasteiger partial charge is 0.481 e. The minimum absolute atomic E-state index is 0.112. The van der Waals surface area contributed by atoms with E-state index in [2.05, 4.69) is 73.3 Å². The smallest absolute Gasteiger partial charge is 0.309 e. The van der Waals surface area contributed by atoms with E-state index in [0.717, 1.165) is 57.8 Å². The Labute approximate surface area is 318 Å². The van der Waals surface area contributed by atoms with Crippen molar-refractivity contribution in [2.24, 2.45) is 62.1 Å². The van der Waals surface area contributed by atoms with E-state index in [1.165, 1.54) is 36.1 Å². The van der Waals surface area contributed by atoms with Crippen LogP contribution in [0.2, 0.25) is 0 Å². The first-order valence-electron chi connectivity index (χ1n) is 20.4. The summed E-state index contributed by atoms with van der Waals surface area (Å²) in [4.78, 5) is 24.9. The molecule has 0 saturated heterocycles. The fraction of sp³-hybridized carbons (Fsp3) is 0.723. The Morgan fingerprint density at radius 1 is 0.906 bits per heavy atom. The highest BCUT2D eigenvalue weighted by Crippen LogP contribution is 2.77. The van der Waals surface area contributed by atoms with Crippen molar-refractivity contribution in [3.63, 3.8) is 0 Å². The van der Waals surface area contributed by atoms with E-state index in [-0.39, 0.29) is 45.4 Å². The van der Waals surface area contributed by atoms with E-state index in [9.17, 15) is 24.3 Å². The van der Waals surface area contributed by atoms with Crippen LogP contribution < -0.4 is 0 Å². The molecule has 288 valence electrons. The van der Waals surface area contributed by atoms with Gasteiger partial charge in [0.05, 0.1) is 17.4 Å². The number of ether oxygens (including phenoxy) is 1. The molecule has 10 atom stereocenters. The van der Waals surface area contributed by atoms with Gasteiger partial charge in [-0.05, 0) is 169 Å². The molecule has 5 aliphatic rings. The van der Waals surface area contributed by atoms with Gasteiger partial charge in [0.25, 0.3) is 0 Å². The lowest BCUT2D eigenvalue weighted by atomic mass is 9.32. The molecule has 0 amide bonds. The Hall–Kier alpha value is -3.12. The summed E-state index contributed by atoms with van der Waals surface area (Å²) in [7, 11) is 0. The molecule has 5 unspecified atom stereocenters. The second kappa shape index (κ2) is 13.6. The number of aliphatic carboxylic acids is 1. The number of carbonyl (C=O) groups is 2. The van der Waals surface area contributed by atoms with E-state index in [1.54, 1.807) is 19.9 Å². The molecule has 5 nitrogen and oxygen atoms in total. The molecule has 53 heavy (non-hydrogen) atoms. The van der Waals surface area contributed by atoms with Crippen LogP contribution in [-0.4, -0.2) is 23.1 Å². The number of rotatable bonds is 6. The fourth-order valence-corrected chi connectivity index (χ4v) is 13.5. The number of nitrogens with zero attached hydrogens (tertiary/aromatic N) is 1. The Bertz CT molecular complexity index is 1790. The molecular weight excluding hydrogens is 662 g/mol. The average Bonchev–Trinajstić information content (AvgIpc) is 3.43. The topological polar surface area (TPSA) is 87.4 Å². The van der Waals surface area contributed by atoms with Gasteiger partial charge in [0.2, 0.25) is 0 Å². The lowest BCUT2D eigenvalue weighted by Crippen LogP contribution is -2.66. The Kier molecular flexibility index (Phi) is 10.1. The molecule has 1 aromatic carbocycles. The molecular formula is C47H64FNO4. The van der Waals surface area contributed by atoms with Gasteiger partial charge in [-0.25, -0.2) is 4.39 Å². The van der Waals surface area contributed by atoms with E-state index in [1.807, 2.05) is 0 Å². The third kappa shape index (κ3) is 6.37. The van der Waals surface area contributed by atoms with Gasteiger partial charge in [-0.2, -0.15) is 5.26 Å². The lowest BCUT2D eigenvalue weighted by molar-refractivity contribution is -0.248. The zero-order chi connectivity index (χ0) is 38.9. The third-order valence-corrected chi connectivity index (χ3v) is 16.9. The number of fused-ring (bicyclic) bond motifs is 7. The lowest BCUT2D eigenvalue weighted by Gasteiger charge is -2.72. The molecule has 1 N–H and O–H groups in total. The SMILES string of the molecule is CC(C)=C(C)C[C@@H]1CCC2(C#Cc3cc(F)ccc3C#N)CC[C@]3(C)C(CCC4[C@@]5(C)CC[C@H](OC(=O)CC(C)(C)C(=O)O)C(C)(C)C5CC[C@]43C)C12. The molecule has 5 fully saturated rings. The quantitative estimate of drug-likeness (QED) is 0.179. The first kappa shape index (κ1) is 39.6. The standard InChI is InChI=1S/C47H64FNO4/c1-29(2)30(3)25-32-16-22-47(21-15-31-26-34(48)12-11-33(31)28-49)24-23-45(9)35(40(32)47)13-14-37-44(8)19-18-38(53-39(50)27-42(4,5)41(51)52)43(6,7)36(44)17-20-46(37,45)10/h11-12,26,32,35-38,40H,13-14,16-20,22-25,27H2,1-10H3,(H,51,52)/t32-,35?,36?,37?,38-,40?,44-,45+,46+,47?/m0/s1. The zero-order valence-electron chi connectivity index (χ0n) is 34.2. The Balaban J connectivity index is 1.32. The molecule has 5 aliphatic carbocycles. The van der Waals surface area contributed by atoms with Gasteiger partial charge >= 0.3 is 11.9 Å². The van der Waals surface area contributed by atoms with Crippen molar-refractivity contribution in [2.75, 3.05) is 0 Å². The zero-order valence-corrected chi connectivity index (χ0v) is 34.2. The van der Waals surface area contributed by atoms with Crippen molar-refractivity contribution in [1.82, 2.24) is 0 Å². The van der Waals surface area contributed by atoms with Gasteiger partial charge < -0.3 is 9.84 Å². The fourth-order valence-electron chi connectivity index (χ4n) is 13.5. The molecule has 6 rings (SSSR count). The van der Waals surface area contributed by atoms with Crippen molar-refractivity contribution >= 4 is 11.9 Å².